The first-order valence-electron chi connectivity index (χ1n) is 7.42. The molecule has 1 saturated heterocycles. The van der Waals surface area contributed by atoms with Gasteiger partial charge in [0.1, 0.15) is 12.7 Å². The molecule has 9 nitrogen and oxygen atoms in total. The number of carbonyl (C=O) groups excluding carboxylic acids is 4. The largest absolute Gasteiger partial charge is 0.463 e. The summed E-state index contributed by atoms with van der Waals surface area (Å²) in [7, 11) is 0. The summed E-state index contributed by atoms with van der Waals surface area (Å²) in [4.78, 5) is 44.9. The quantitative estimate of drug-likeness (QED) is 0.496. The lowest BCUT2D eigenvalue weighted by molar-refractivity contribution is -0.231. The van der Waals surface area contributed by atoms with Crippen LogP contribution < -0.4 is 0 Å². The van der Waals surface area contributed by atoms with Crippen molar-refractivity contribution >= 4 is 23.9 Å². The Hall–Kier alpha value is -2.16. The molecule has 1 heterocycles. The minimum absolute atomic E-state index is 0.326. The highest BCUT2D eigenvalue weighted by Crippen LogP contribution is 2.24. The van der Waals surface area contributed by atoms with Crippen molar-refractivity contribution in [3.63, 3.8) is 0 Å². The third-order valence-corrected chi connectivity index (χ3v) is 2.76. The molecule has 23 heavy (non-hydrogen) atoms. The Kier molecular flexibility index (Phi) is 6.33. The Morgan fingerprint density at radius 3 is 1.91 bits per heavy atom. The predicted octanol–water partition coefficient (Wildman–Crippen LogP) is -0.257. The molecule has 0 aromatic heterocycles. The van der Waals surface area contributed by atoms with Gasteiger partial charge in [0.05, 0.1) is 7.95 Å². The van der Waals surface area contributed by atoms with Crippen molar-refractivity contribution in [2.24, 2.45) is 0 Å². The minimum Gasteiger partial charge on any atom is -0.463 e. The molecule has 0 amide bonds. The Morgan fingerprint density at radius 2 is 1.43 bits per heavy atom. The van der Waals surface area contributed by atoms with E-state index in [9.17, 15) is 19.2 Å². The molecule has 5 atom stereocenters. The molecule has 0 bridgehead atoms. The van der Waals surface area contributed by atoms with E-state index in [0.29, 0.717) is 0 Å². The van der Waals surface area contributed by atoms with Crippen LogP contribution in [0.5, 0.6) is 0 Å². The summed E-state index contributed by atoms with van der Waals surface area (Å²) >= 11 is 0. The number of carbonyl (C=O) groups is 4. The van der Waals surface area contributed by atoms with Gasteiger partial charge < -0.3 is 23.7 Å². The van der Waals surface area contributed by atoms with Crippen LogP contribution >= 0.6 is 0 Å². The summed E-state index contributed by atoms with van der Waals surface area (Å²) in [5, 5.41) is 0. The molecular formula is C14H20O9. The number of ether oxygens (including phenoxy) is 5. The summed E-state index contributed by atoms with van der Waals surface area (Å²) < 4.78 is 33.2. The molecule has 1 unspecified atom stereocenters. The van der Waals surface area contributed by atoms with Crippen LogP contribution in [0.25, 0.3) is 0 Å². The normalized spacial score (nSPS) is 30.6. The van der Waals surface area contributed by atoms with E-state index in [4.69, 9.17) is 25.1 Å². The Bertz CT molecular complexity index is 506. The van der Waals surface area contributed by atoms with E-state index >= 15 is 0 Å². The molecular weight excluding hydrogens is 312 g/mol. The van der Waals surface area contributed by atoms with E-state index < -0.39 is 54.9 Å². The fourth-order valence-electron chi connectivity index (χ4n) is 2.01. The smallest absolute Gasteiger partial charge is 0.303 e. The van der Waals surface area contributed by atoms with E-state index in [2.05, 4.69) is 0 Å². The number of rotatable bonds is 5. The Morgan fingerprint density at radius 1 is 0.913 bits per heavy atom. The summed E-state index contributed by atoms with van der Waals surface area (Å²) in [6.07, 6.45) is -4.84. The maximum atomic E-state index is 11.4. The number of hydrogen-bond acceptors (Lipinski definition) is 9. The average Bonchev–Trinajstić information content (AvgIpc) is 2.42. The average molecular weight is 333 g/mol. The molecule has 9 heteroatoms. The van der Waals surface area contributed by atoms with Crippen LogP contribution in [0.1, 0.15) is 29.1 Å². The lowest BCUT2D eigenvalue weighted by Gasteiger charge is -2.40. The van der Waals surface area contributed by atoms with Crippen molar-refractivity contribution in [2.75, 3.05) is 13.2 Å². The zero-order valence-electron chi connectivity index (χ0n) is 14.3. The van der Waals surface area contributed by atoms with Gasteiger partial charge >= 0.3 is 23.9 Å². The van der Waals surface area contributed by atoms with Crippen LogP contribution in [-0.2, 0) is 42.9 Å². The summed E-state index contributed by atoms with van der Waals surface area (Å²) in [6, 6.07) is 0. The van der Waals surface area contributed by atoms with E-state index in [1.165, 1.54) is 6.92 Å². The first-order valence-corrected chi connectivity index (χ1v) is 6.84. The van der Waals surface area contributed by atoms with Crippen LogP contribution in [0.3, 0.4) is 0 Å². The molecule has 0 aliphatic carbocycles. The number of hydrogen-bond donors (Lipinski definition) is 0. The zero-order chi connectivity index (χ0) is 18.4. The highest BCUT2D eigenvalue weighted by Gasteiger charge is 2.47. The molecule has 1 aliphatic heterocycles. The summed E-state index contributed by atoms with van der Waals surface area (Å²) in [5.74, 6) is -2.76. The monoisotopic (exact) mass is 333 g/mol. The SMILES string of the molecule is [2H]C1O[C@H](COC(C)=O)[C@@H](OC(C)=O)[C@H](OC(C)=O)[C@H]1OC(C)=O. The summed E-state index contributed by atoms with van der Waals surface area (Å²) in [6.45, 7) is 2.78. The maximum absolute atomic E-state index is 11.4. The lowest BCUT2D eigenvalue weighted by Crippen LogP contribution is -2.58. The van der Waals surface area contributed by atoms with Crippen LogP contribution in [-0.4, -0.2) is 61.5 Å². The number of esters is 4. The molecule has 0 N–H and O–H groups in total. The van der Waals surface area contributed by atoms with E-state index in [0.717, 1.165) is 20.8 Å². The minimum atomic E-state index is -1.43. The van der Waals surface area contributed by atoms with E-state index in [1.807, 2.05) is 0 Å². The second-order valence-electron chi connectivity index (χ2n) is 4.84. The first kappa shape index (κ1) is 17.2. The second kappa shape index (κ2) is 8.47. The van der Waals surface area contributed by atoms with Gasteiger partial charge in [-0.25, -0.2) is 0 Å². The third kappa shape index (κ3) is 6.23. The molecule has 0 saturated carbocycles. The van der Waals surface area contributed by atoms with Crippen molar-refractivity contribution in [1.29, 1.82) is 0 Å². The van der Waals surface area contributed by atoms with Crippen LogP contribution in [0.15, 0.2) is 0 Å². The predicted molar refractivity (Wildman–Crippen MR) is 73.0 cm³/mol. The highest BCUT2D eigenvalue weighted by atomic mass is 16.7. The fourth-order valence-corrected chi connectivity index (χ4v) is 2.01. The van der Waals surface area contributed by atoms with Gasteiger partial charge in [-0.1, -0.05) is 0 Å². The Labute approximate surface area is 134 Å². The van der Waals surface area contributed by atoms with Gasteiger partial charge in [-0.05, 0) is 0 Å². The van der Waals surface area contributed by atoms with Crippen LogP contribution in [0, 0.1) is 0 Å². The molecule has 130 valence electrons. The topological polar surface area (TPSA) is 114 Å². The van der Waals surface area contributed by atoms with Gasteiger partial charge in [0, 0.05) is 27.7 Å². The van der Waals surface area contributed by atoms with Crippen molar-refractivity contribution < 1.29 is 44.2 Å². The highest BCUT2D eigenvalue weighted by molar-refractivity contribution is 5.68. The summed E-state index contributed by atoms with van der Waals surface area (Å²) in [5.41, 5.74) is 0. The molecule has 0 radical (unpaired) electrons. The fraction of sp³-hybridized carbons (Fsp3) is 0.714. The Balaban J connectivity index is 3.11. The van der Waals surface area contributed by atoms with Crippen LogP contribution in [0.2, 0.25) is 0 Å². The molecule has 0 aromatic rings. The van der Waals surface area contributed by atoms with E-state index in [-0.39, 0.29) is 6.61 Å². The van der Waals surface area contributed by atoms with Gasteiger partial charge in [-0.2, -0.15) is 0 Å². The van der Waals surface area contributed by atoms with Crippen molar-refractivity contribution in [3.05, 3.63) is 0 Å². The van der Waals surface area contributed by atoms with Gasteiger partial charge in [-0.15, -0.1) is 0 Å². The second-order valence-corrected chi connectivity index (χ2v) is 4.84. The zero-order valence-corrected chi connectivity index (χ0v) is 13.3. The van der Waals surface area contributed by atoms with Crippen LogP contribution in [0.4, 0.5) is 0 Å². The molecule has 1 rings (SSSR count). The molecule has 0 aromatic carbocycles. The third-order valence-electron chi connectivity index (χ3n) is 2.76. The lowest BCUT2D eigenvalue weighted by atomic mass is 9.99. The van der Waals surface area contributed by atoms with Gasteiger partial charge in [0.15, 0.2) is 18.3 Å². The molecule has 1 fully saturated rings. The maximum Gasteiger partial charge on any atom is 0.303 e. The van der Waals surface area contributed by atoms with Gasteiger partial charge in [0.2, 0.25) is 0 Å². The van der Waals surface area contributed by atoms with Gasteiger partial charge in [0.25, 0.3) is 0 Å². The standard InChI is InChI=1S/C14H20O9/c1-7(15)19-5-11-13(22-9(3)17)14(23-10(4)18)12(6-20-11)21-8(2)16/h11-14H,5-6H2,1-4H3/t11-,12+,13-,14-/m1/s1/i6D/t6?,11-,12+,13-,14-. The first-order chi connectivity index (χ1) is 11.1. The van der Waals surface area contributed by atoms with Crippen molar-refractivity contribution in [2.45, 2.75) is 52.1 Å². The molecule has 0 spiro atoms. The van der Waals surface area contributed by atoms with Crippen molar-refractivity contribution in [3.8, 4) is 0 Å². The van der Waals surface area contributed by atoms with Crippen molar-refractivity contribution in [1.82, 2.24) is 0 Å². The van der Waals surface area contributed by atoms with Gasteiger partial charge in [-0.3, -0.25) is 19.2 Å². The van der Waals surface area contributed by atoms with E-state index in [1.54, 1.807) is 0 Å². The molecule has 1 aliphatic rings.